The van der Waals surface area contributed by atoms with Crippen molar-refractivity contribution >= 4 is 43.4 Å². The van der Waals surface area contributed by atoms with Gasteiger partial charge in [-0.15, -0.1) is 16.3 Å². The number of aryl methyl sites for hydroxylation is 1. The summed E-state index contributed by atoms with van der Waals surface area (Å²) in [6.45, 7) is 10.0. The smallest absolute Gasteiger partial charge is 0.242 e. The van der Waals surface area contributed by atoms with Gasteiger partial charge >= 0.3 is 0 Å². The van der Waals surface area contributed by atoms with Crippen LogP contribution in [0.2, 0.25) is 0 Å². The molecule has 2 aliphatic rings. The zero-order chi connectivity index (χ0) is 20.5. The number of morpholine rings is 1. The van der Waals surface area contributed by atoms with Gasteiger partial charge < -0.3 is 9.64 Å². The van der Waals surface area contributed by atoms with Gasteiger partial charge in [0.15, 0.2) is 5.52 Å². The highest BCUT2D eigenvalue weighted by Crippen LogP contribution is 2.42. The Morgan fingerprint density at radius 1 is 1.17 bits per heavy atom. The second kappa shape index (κ2) is 8.63. The van der Waals surface area contributed by atoms with Gasteiger partial charge in [-0.2, -0.15) is 0 Å². The number of nitrogens with one attached hydrogen (secondary N) is 1. The average molecular weight is 427 g/mol. The minimum atomic E-state index is 0.796. The molecule has 3 aromatic rings. The maximum atomic E-state index is 5.60. The molecule has 0 unspecified atom stereocenters. The molecule has 30 heavy (non-hydrogen) atoms. The molecule has 4 heterocycles. The van der Waals surface area contributed by atoms with Crippen molar-refractivity contribution in [3.8, 4) is 0 Å². The van der Waals surface area contributed by atoms with Gasteiger partial charge in [-0.05, 0) is 50.2 Å². The molecular weight excluding hydrogens is 394 g/mol. The van der Waals surface area contributed by atoms with Gasteiger partial charge in [0.25, 0.3) is 0 Å². The molecule has 1 aliphatic carbocycles. The second-order valence-electron chi connectivity index (χ2n) is 8.34. The SMILES string of the molecule is CCCCN(CC)c1[nH+]cnc2c1sc1nc(N3CCOCC3)c3c(c12)CCCC3. The van der Waals surface area contributed by atoms with Crippen LogP contribution < -0.4 is 14.8 Å². The molecule has 1 saturated heterocycles. The quantitative estimate of drug-likeness (QED) is 0.596. The summed E-state index contributed by atoms with van der Waals surface area (Å²) in [6, 6.07) is 0. The molecule has 0 aromatic carbocycles. The Bertz CT molecular complexity index is 1040. The van der Waals surface area contributed by atoms with Crippen LogP contribution in [0.25, 0.3) is 20.4 Å². The highest BCUT2D eigenvalue weighted by Gasteiger charge is 2.28. The number of aromatic amines is 1. The van der Waals surface area contributed by atoms with Crippen LogP contribution in [0.15, 0.2) is 6.33 Å². The van der Waals surface area contributed by atoms with Crippen LogP contribution in [0.3, 0.4) is 0 Å². The van der Waals surface area contributed by atoms with Crippen LogP contribution in [0, 0.1) is 0 Å². The lowest BCUT2D eigenvalue weighted by Crippen LogP contribution is -2.37. The summed E-state index contributed by atoms with van der Waals surface area (Å²) >= 11 is 1.81. The lowest BCUT2D eigenvalue weighted by molar-refractivity contribution is -0.366. The third-order valence-corrected chi connectivity index (χ3v) is 7.59. The van der Waals surface area contributed by atoms with E-state index in [4.69, 9.17) is 14.7 Å². The van der Waals surface area contributed by atoms with Crippen LogP contribution in [-0.4, -0.2) is 49.4 Å². The predicted molar refractivity (Wildman–Crippen MR) is 124 cm³/mol. The summed E-state index contributed by atoms with van der Waals surface area (Å²) < 4.78 is 6.86. The van der Waals surface area contributed by atoms with Crippen LogP contribution in [-0.2, 0) is 17.6 Å². The molecule has 3 aromatic heterocycles. The van der Waals surface area contributed by atoms with Crippen molar-refractivity contribution in [2.45, 2.75) is 52.4 Å². The molecule has 1 fully saturated rings. The number of hydrogen-bond acceptors (Lipinski definition) is 6. The van der Waals surface area contributed by atoms with Gasteiger partial charge in [0.1, 0.15) is 15.3 Å². The highest BCUT2D eigenvalue weighted by molar-refractivity contribution is 7.26. The fourth-order valence-electron chi connectivity index (χ4n) is 4.91. The number of rotatable bonds is 6. The molecule has 5 rings (SSSR count). The van der Waals surface area contributed by atoms with E-state index in [-0.39, 0.29) is 0 Å². The molecule has 0 atom stereocenters. The molecule has 6 nitrogen and oxygen atoms in total. The van der Waals surface area contributed by atoms with Gasteiger partial charge in [-0.3, -0.25) is 4.90 Å². The summed E-state index contributed by atoms with van der Waals surface area (Å²) in [7, 11) is 0. The minimum Gasteiger partial charge on any atom is -0.378 e. The number of anilines is 2. The second-order valence-corrected chi connectivity index (χ2v) is 9.34. The van der Waals surface area contributed by atoms with Gasteiger partial charge in [0.2, 0.25) is 12.1 Å². The first-order valence-corrected chi connectivity index (χ1v) is 12.4. The fraction of sp³-hybridized carbons (Fsp3) is 0.609. The monoisotopic (exact) mass is 426 g/mol. The number of hydrogen-bond donors (Lipinski definition) is 0. The van der Waals surface area contributed by atoms with Gasteiger partial charge in [-0.1, -0.05) is 13.3 Å². The van der Waals surface area contributed by atoms with Crippen LogP contribution in [0.1, 0.15) is 50.7 Å². The van der Waals surface area contributed by atoms with Crippen LogP contribution >= 0.6 is 11.3 Å². The van der Waals surface area contributed by atoms with Crippen molar-refractivity contribution in [2.75, 3.05) is 49.2 Å². The van der Waals surface area contributed by atoms with Crippen LogP contribution in [0.5, 0.6) is 0 Å². The first-order valence-electron chi connectivity index (χ1n) is 11.5. The molecule has 7 heteroatoms. The number of fused-ring (bicyclic) bond motifs is 5. The molecular formula is C23H32N5OS+. The van der Waals surface area contributed by atoms with Crippen molar-refractivity contribution < 1.29 is 9.72 Å². The number of nitrogens with zero attached hydrogens (tertiary/aromatic N) is 4. The van der Waals surface area contributed by atoms with E-state index in [9.17, 15) is 0 Å². The Morgan fingerprint density at radius 2 is 1.97 bits per heavy atom. The average Bonchev–Trinajstić information content (AvgIpc) is 3.19. The van der Waals surface area contributed by atoms with Crippen molar-refractivity contribution in [2.24, 2.45) is 0 Å². The standard InChI is InChI=1S/C23H31N5OS/c1-3-5-10-27(4-2)22-20-19(24-15-25-22)18-16-8-6-7-9-17(16)21(26-23(18)30-20)28-11-13-29-14-12-28/h15H,3-14H2,1-2H3/p+1. The molecule has 160 valence electrons. The van der Waals surface area contributed by atoms with Crippen molar-refractivity contribution in [3.05, 3.63) is 17.5 Å². The molecule has 0 spiro atoms. The van der Waals surface area contributed by atoms with E-state index in [1.165, 1.54) is 58.5 Å². The molecule has 0 bridgehead atoms. The number of H-pyrrole nitrogens is 1. The van der Waals surface area contributed by atoms with E-state index in [2.05, 4.69) is 28.6 Å². The zero-order valence-corrected chi connectivity index (χ0v) is 19.0. The molecule has 0 amide bonds. The van der Waals surface area contributed by atoms with Gasteiger partial charge in [0.05, 0.1) is 31.7 Å². The van der Waals surface area contributed by atoms with Crippen molar-refractivity contribution in [1.82, 2.24) is 9.97 Å². The van der Waals surface area contributed by atoms with E-state index in [0.717, 1.165) is 62.6 Å². The molecule has 0 radical (unpaired) electrons. The van der Waals surface area contributed by atoms with E-state index >= 15 is 0 Å². The number of thiophene rings is 1. The van der Waals surface area contributed by atoms with E-state index in [0.29, 0.717) is 0 Å². The van der Waals surface area contributed by atoms with E-state index in [1.54, 1.807) is 0 Å². The summed E-state index contributed by atoms with van der Waals surface area (Å²) in [5.41, 5.74) is 4.10. The normalized spacial score (nSPS) is 16.9. The first-order chi connectivity index (χ1) is 14.8. The first kappa shape index (κ1) is 19.9. The summed E-state index contributed by atoms with van der Waals surface area (Å²) in [5.74, 6) is 2.41. The summed E-state index contributed by atoms with van der Waals surface area (Å²) in [5, 5.41) is 1.31. The third kappa shape index (κ3) is 3.42. The van der Waals surface area contributed by atoms with Crippen LogP contribution in [0.4, 0.5) is 11.6 Å². The molecule has 1 N–H and O–H groups in total. The largest absolute Gasteiger partial charge is 0.378 e. The Labute approximate surface area is 182 Å². The number of ether oxygens (including phenoxy) is 1. The van der Waals surface area contributed by atoms with Gasteiger partial charge in [-0.25, -0.2) is 9.97 Å². The van der Waals surface area contributed by atoms with Crippen molar-refractivity contribution in [3.63, 3.8) is 0 Å². The maximum Gasteiger partial charge on any atom is 0.242 e. The Hall–Kier alpha value is -1.99. The minimum absolute atomic E-state index is 0.796. The Kier molecular flexibility index (Phi) is 5.74. The van der Waals surface area contributed by atoms with Gasteiger partial charge in [0, 0.05) is 13.1 Å². The Balaban J connectivity index is 1.70. The zero-order valence-electron chi connectivity index (χ0n) is 18.2. The lowest BCUT2D eigenvalue weighted by atomic mass is 9.90. The summed E-state index contributed by atoms with van der Waals surface area (Å²) in [4.78, 5) is 19.6. The third-order valence-electron chi connectivity index (χ3n) is 6.51. The number of pyridine rings is 1. The predicted octanol–water partition coefficient (Wildman–Crippen LogP) is 4.00. The summed E-state index contributed by atoms with van der Waals surface area (Å²) in [6.07, 6.45) is 9.07. The number of aromatic nitrogens is 3. The van der Waals surface area contributed by atoms with E-state index in [1.807, 2.05) is 17.7 Å². The lowest BCUT2D eigenvalue weighted by Gasteiger charge is -2.31. The van der Waals surface area contributed by atoms with E-state index < -0.39 is 0 Å². The highest BCUT2D eigenvalue weighted by atomic mass is 32.1. The fourth-order valence-corrected chi connectivity index (χ4v) is 6.09. The topological polar surface area (TPSA) is 55.6 Å². The van der Waals surface area contributed by atoms with Crippen molar-refractivity contribution in [1.29, 1.82) is 0 Å². The Morgan fingerprint density at radius 3 is 2.73 bits per heavy atom. The molecule has 0 saturated carbocycles. The number of unbranched alkanes of at least 4 members (excludes halogenated alkanes) is 1. The maximum absolute atomic E-state index is 5.60. The molecule has 1 aliphatic heterocycles.